The van der Waals surface area contributed by atoms with E-state index >= 15 is 0 Å². The smallest absolute Gasteiger partial charge is 0.209 e. The molecule has 0 saturated carbocycles. The molecule has 6 nitrogen and oxygen atoms in total. The highest BCUT2D eigenvalue weighted by Crippen LogP contribution is 2.27. The minimum absolute atomic E-state index is 0.306. The Morgan fingerprint density at radius 1 is 1.23 bits per heavy atom. The molecule has 4 rings (SSSR count). The van der Waals surface area contributed by atoms with Gasteiger partial charge in [0.05, 0.1) is 4.34 Å². The molecular weight excluding hydrogens is 368 g/mol. The van der Waals surface area contributed by atoms with Crippen LogP contribution in [0.15, 0.2) is 35.3 Å². The maximum atomic E-state index is 6.32. The van der Waals surface area contributed by atoms with Crippen molar-refractivity contribution in [1.82, 2.24) is 16.2 Å². The number of hydrogen-bond donors (Lipinski definition) is 5. The largest absolute Gasteiger partial charge is 0.369 e. The maximum Gasteiger partial charge on any atom is 0.209 e. The number of hydrazine groups is 1. The number of aliphatic imine (C=N–C) groups is 1. The van der Waals surface area contributed by atoms with Crippen LogP contribution in [0.4, 0.5) is 0 Å². The zero-order chi connectivity index (χ0) is 18.1. The standard InChI is InChI=1S/C18H23ClN6S/c19-16-8-7-15(26-16)10-22-14-5-2-11-1-4-13(9-12(11)3-6-14)18(21)23-17(20)24-25-18/h1,4,7-9,14,22,25H,2-3,5-6,10,21H2,(H3,20,23,24)/t14-,18?/m0/s1. The van der Waals surface area contributed by atoms with Crippen LogP contribution in [0.3, 0.4) is 0 Å². The normalized spacial score (nSPS) is 25.3. The van der Waals surface area contributed by atoms with Crippen LogP contribution >= 0.6 is 22.9 Å². The monoisotopic (exact) mass is 390 g/mol. The van der Waals surface area contributed by atoms with E-state index in [0.29, 0.717) is 12.0 Å². The predicted molar refractivity (Wildman–Crippen MR) is 107 cm³/mol. The molecule has 1 aromatic carbocycles. The Balaban J connectivity index is 1.43. The lowest BCUT2D eigenvalue weighted by Crippen LogP contribution is -2.50. The molecule has 0 spiro atoms. The summed E-state index contributed by atoms with van der Waals surface area (Å²) >= 11 is 7.65. The van der Waals surface area contributed by atoms with Crippen LogP contribution in [-0.4, -0.2) is 12.0 Å². The number of thiophene rings is 1. The van der Waals surface area contributed by atoms with E-state index in [1.165, 1.54) is 16.0 Å². The van der Waals surface area contributed by atoms with Crippen molar-refractivity contribution >= 4 is 28.9 Å². The average molecular weight is 391 g/mol. The minimum Gasteiger partial charge on any atom is -0.369 e. The van der Waals surface area contributed by atoms with E-state index in [9.17, 15) is 0 Å². The number of nitrogens with zero attached hydrogens (tertiary/aromatic N) is 1. The Morgan fingerprint density at radius 2 is 2.04 bits per heavy atom. The molecule has 2 heterocycles. The van der Waals surface area contributed by atoms with Gasteiger partial charge in [0.15, 0.2) is 0 Å². The van der Waals surface area contributed by atoms with Crippen molar-refractivity contribution < 1.29 is 0 Å². The van der Waals surface area contributed by atoms with E-state index in [2.05, 4.69) is 39.4 Å². The van der Waals surface area contributed by atoms with E-state index in [-0.39, 0.29) is 0 Å². The molecule has 2 aliphatic rings. The highest BCUT2D eigenvalue weighted by molar-refractivity contribution is 7.16. The molecule has 138 valence electrons. The van der Waals surface area contributed by atoms with Gasteiger partial charge in [-0.2, -0.15) is 5.43 Å². The van der Waals surface area contributed by atoms with Gasteiger partial charge in [0.2, 0.25) is 11.7 Å². The third kappa shape index (κ3) is 3.72. The zero-order valence-corrected chi connectivity index (χ0v) is 16.0. The highest BCUT2D eigenvalue weighted by Gasteiger charge is 2.32. The summed E-state index contributed by atoms with van der Waals surface area (Å²) in [6.45, 7) is 0.874. The Hall–Kier alpha value is -1.64. The molecule has 7 N–H and O–H groups in total. The van der Waals surface area contributed by atoms with Crippen LogP contribution in [0.25, 0.3) is 0 Å². The summed E-state index contributed by atoms with van der Waals surface area (Å²) in [4.78, 5) is 5.55. The van der Waals surface area contributed by atoms with Crippen LogP contribution in [0.5, 0.6) is 0 Å². The Labute approximate surface area is 162 Å². The molecule has 1 aliphatic heterocycles. The van der Waals surface area contributed by atoms with Crippen molar-refractivity contribution in [2.24, 2.45) is 16.5 Å². The lowest BCUT2D eigenvalue weighted by atomic mass is 9.97. The lowest BCUT2D eigenvalue weighted by molar-refractivity contribution is 0.375. The molecule has 2 atom stereocenters. The fraction of sp³-hybridized carbons (Fsp3) is 0.389. The molecule has 0 fully saturated rings. The summed E-state index contributed by atoms with van der Waals surface area (Å²) in [7, 11) is 0. The molecule has 1 aliphatic carbocycles. The predicted octanol–water partition coefficient (Wildman–Crippen LogP) is 1.93. The molecule has 0 saturated heterocycles. The third-order valence-corrected chi connectivity index (χ3v) is 6.27. The maximum absolute atomic E-state index is 6.32. The van der Waals surface area contributed by atoms with Crippen LogP contribution in [-0.2, 0) is 25.2 Å². The number of nitrogens with two attached hydrogens (primary N) is 2. The van der Waals surface area contributed by atoms with Crippen molar-refractivity contribution in [1.29, 1.82) is 0 Å². The van der Waals surface area contributed by atoms with Gasteiger partial charge in [-0.3, -0.25) is 11.2 Å². The zero-order valence-electron chi connectivity index (χ0n) is 14.4. The number of rotatable bonds is 4. The first kappa shape index (κ1) is 17.8. The lowest BCUT2D eigenvalue weighted by Gasteiger charge is -2.22. The molecule has 2 aromatic rings. The summed E-state index contributed by atoms with van der Waals surface area (Å²) in [6, 6.07) is 10.9. The number of guanidine groups is 1. The molecule has 0 radical (unpaired) electrons. The first-order valence-corrected chi connectivity index (χ1v) is 9.98. The van der Waals surface area contributed by atoms with Gasteiger partial charge in [-0.1, -0.05) is 29.8 Å². The fourth-order valence-electron chi connectivity index (χ4n) is 3.58. The number of hydrogen-bond acceptors (Lipinski definition) is 7. The molecule has 8 heteroatoms. The second-order valence-corrected chi connectivity index (χ2v) is 8.66. The number of benzene rings is 1. The van der Waals surface area contributed by atoms with E-state index in [1.54, 1.807) is 11.3 Å². The SMILES string of the molecule is NC1=NC(N)(c2ccc3c(c2)CC[C@@H](NCc2ccc(Cl)s2)CC3)NN1. The van der Waals surface area contributed by atoms with E-state index in [0.717, 1.165) is 42.1 Å². The first-order valence-electron chi connectivity index (χ1n) is 8.79. The second-order valence-electron chi connectivity index (χ2n) is 6.86. The fourth-order valence-corrected chi connectivity index (χ4v) is 4.62. The number of fused-ring (bicyclic) bond motifs is 1. The Morgan fingerprint density at radius 3 is 2.73 bits per heavy atom. The van der Waals surface area contributed by atoms with Gasteiger partial charge in [0, 0.05) is 23.0 Å². The van der Waals surface area contributed by atoms with Crippen molar-refractivity contribution in [3.05, 3.63) is 56.2 Å². The van der Waals surface area contributed by atoms with Gasteiger partial charge in [0.1, 0.15) is 0 Å². The van der Waals surface area contributed by atoms with Gasteiger partial charge >= 0.3 is 0 Å². The molecular formula is C18H23ClN6S. The van der Waals surface area contributed by atoms with Gasteiger partial charge in [-0.05, 0) is 48.9 Å². The number of halogens is 1. The summed E-state index contributed by atoms with van der Waals surface area (Å²) in [5, 5.41) is 3.68. The highest BCUT2D eigenvalue weighted by atomic mass is 35.5. The van der Waals surface area contributed by atoms with Crippen LogP contribution in [0.1, 0.15) is 34.4 Å². The van der Waals surface area contributed by atoms with Crippen molar-refractivity contribution in [3.8, 4) is 0 Å². The summed E-state index contributed by atoms with van der Waals surface area (Å²) < 4.78 is 0.844. The molecule has 1 aromatic heterocycles. The molecule has 0 bridgehead atoms. The van der Waals surface area contributed by atoms with Crippen molar-refractivity contribution in [3.63, 3.8) is 0 Å². The van der Waals surface area contributed by atoms with Gasteiger partial charge in [-0.15, -0.1) is 11.3 Å². The quantitative estimate of drug-likeness (QED) is 0.513. The van der Waals surface area contributed by atoms with E-state index < -0.39 is 5.79 Å². The second kappa shape index (κ2) is 7.17. The summed E-state index contributed by atoms with van der Waals surface area (Å²) in [5.41, 5.74) is 21.4. The topological polar surface area (TPSA) is 100 Å². The number of aryl methyl sites for hydroxylation is 2. The van der Waals surface area contributed by atoms with Crippen molar-refractivity contribution in [2.45, 2.75) is 44.1 Å². The Kier molecular flexibility index (Phi) is 4.90. The number of nitrogens with one attached hydrogen (secondary N) is 3. The Bertz CT molecular complexity index is 835. The van der Waals surface area contributed by atoms with Crippen molar-refractivity contribution in [2.75, 3.05) is 0 Å². The minimum atomic E-state index is -0.999. The van der Waals surface area contributed by atoms with E-state index in [1.807, 2.05) is 12.1 Å². The third-order valence-electron chi connectivity index (χ3n) is 5.04. The van der Waals surface area contributed by atoms with E-state index in [4.69, 9.17) is 23.1 Å². The van der Waals surface area contributed by atoms with Crippen LogP contribution < -0.4 is 27.6 Å². The summed E-state index contributed by atoms with van der Waals surface area (Å²) in [6.07, 6.45) is 4.32. The van der Waals surface area contributed by atoms with Gasteiger partial charge in [0.25, 0.3) is 0 Å². The van der Waals surface area contributed by atoms with Gasteiger partial charge < -0.3 is 11.1 Å². The van der Waals surface area contributed by atoms with Crippen LogP contribution in [0.2, 0.25) is 4.34 Å². The molecule has 0 amide bonds. The average Bonchev–Trinajstić information content (AvgIpc) is 3.13. The first-order chi connectivity index (χ1) is 12.5. The molecule has 26 heavy (non-hydrogen) atoms. The molecule has 1 unspecified atom stereocenters. The van der Waals surface area contributed by atoms with Crippen LogP contribution in [0, 0.1) is 0 Å². The summed E-state index contributed by atoms with van der Waals surface area (Å²) in [5.74, 6) is -0.693. The van der Waals surface area contributed by atoms with Gasteiger partial charge in [-0.25, -0.2) is 4.99 Å².